The molecule has 0 saturated carbocycles. The molecule has 8 heteroatoms. The lowest BCUT2D eigenvalue weighted by atomic mass is 10.2. The monoisotopic (exact) mass is 236 g/mol. The van der Waals surface area contributed by atoms with Crippen LogP contribution in [-0.4, -0.2) is 19.5 Å². The van der Waals surface area contributed by atoms with Crippen molar-refractivity contribution in [3.63, 3.8) is 0 Å². The number of nitro groups is 2. The molecule has 2 aromatic heterocycles. The molecule has 8 nitrogen and oxygen atoms in total. The van der Waals surface area contributed by atoms with E-state index >= 15 is 0 Å². The summed E-state index contributed by atoms with van der Waals surface area (Å²) in [6.45, 7) is 3.32. The van der Waals surface area contributed by atoms with Crippen molar-refractivity contribution in [3.8, 4) is 0 Å². The Hall–Kier alpha value is -2.51. The zero-order chi connectivity index (χ0) is 12.7. The second-order valence-corrected chi connectivity index (χ2v) is 3.63. The van der Waals surface area contributed by atoms with E-state index in [2.05, 4.69) is 5.10 Å². The highest BCUT2D eigenvalue weighted by atomic mass is 16.6. The molecule has 0 spiro atoms. The van der Waals surface area contributed by atoms with Crippen LogP contribution in [0.15, 0.2) is 12.1 Å². The molecule has 0 aromatic carbocycles. The molecule has 2 aromatic rings. The lowest BCUT2D eigenvalue weighted by Crippen LogP contribution is -2.01. The van der Waals surface area contributed by atoms with E-state index in [1.807, 2.05) is 0 Å². The van der Waals surface area contributed by atoms with Crippen molar-refractivity contribution in [2.24, 2.45) is 0 Å². The van der Waals surface area contributed by atoms with E-state index in [4.69, 9.17) is 0 Å². The Balaban J connectivity index is 2.96. The molecule has 0 amide bonds. The smallest absolute Gasteiger partial charge is 0.355 e. The summed E-state index contributed by atoms with van der Waals surface area (Å²) < 4.78 is 1.00. The molecule has 17 heavy (non-hydrogen) atoms. The first kappa shape index (κ1) is 11.0. The number of nitrogens with zero attached hydrogens (tertiary/aromatic N) is 4. The molecule has 0 aliphatic heterocycles. The van der Waals surface area contributed by atoms with Crippen LogP contribution in [0.4, 0.5) is 11.5 Å². The van der Waals surface area contributed by atoms with Crippen LogP contribution >= 0.6 is 0 Å². The predicted molar refractivity (Wildman–Crippen MR) is 58.0 cm³/mol. The summed E-state index contributed by atoms with van der Waals surface area (Å²) in [5, 5.41) is 25.6. The summed E-state index contributed by atoms with van der Waals surface area (Å²) in [6, 6.07) is 2.57. The van der Waals surface area contributed by atoms with Crippen molar-refractivity contribution in [2.75, 3.05) is 0 Å². The summed E-state index contributed by atoms with van der Waals surface area (Å²) in [5.41, 5.74) is 0.995. The molecule has 0 fully saturated rings. The topological polar surface area (TPSA) is 104 Å². The molecule has 2 heterocycles. The highest BCUT2D eigenvalue weighted by molar-refractivity contribution is 5.73. The minimum Gasteiger partial charge on any atom is -0.358 e. The fraction of sp³-hybridized carbons (Fsp3) is 0.222. The van der Waals surface area contributed by atoms with Gasteiger partial charge in [0.25, 0.3) is 0 Å². The van der Waals surface area contributed by atoms with Crippen LogP contribution in [0.5, 0.6) is 0 Å². The second-order valence-electron chi connectivity index (χ2n) is 3.63. The summed E-state index contributed by atoms with van der Waals surface area (Å²) in [7, 11) is 0. The Kier molecular flexibility index (Phi) is 2.27. The molecular weight excluding hydrogens is 228 g/mol. The van der Waals surface area contributed by atoms with Crippen molar-refractivity contribution < 1.29 is 9.85 Å². The van der Waals surface area contributed by atoms with Gasteiger partial charge < -0.3 is 10.1 Å². The zero-order valence-corrected chi connectivity index (χ0v) is 9.08. The normalized spacial score (nSPS) is 10.7. The van der Waals surface area contributed by atoms with E-state index in [1.165, 1.54) is 0 Å². The molecule has 2 rings (SSSR count). The van der Waals surface area contributed by atoms with Crippen molar-refractivity contribution in [1.29, 1.82) is 0 Å². The third kappa shape index (κ3) is 1.59. The number of rotatable bonds is 2. The Morgan fingerprint density at radius 3 is 2.35 bits per heavy atom. The van der Waals surface area contributed by atoms with Gasteiger partial charge in [-0.15, -0.1) is 0 Å². The average molecular weight is 236 g/mol. The van der Waals surface area contributed by atoms with Crippen LogP contribution in [0.3, 0.4) is 0 Å². The van der Waals surface area contributed by atoms with Crippen LogP contribution in [0.1, 0.15) is 11.3 Å². The largest absolute Gasteiger partial charge is 0.358 e. The van der Waals surface area contributed by atoms with Gasteiger partial charge in [0.1, 0.15) is 6.07 Å². The van der Waals surface area contributed by atoms with Crippen molar-refractivity contribution >= 4 is 17.0 Å². The van der Waals surface area contributed by atoms with Crippen LogP contribution in [0.25, 0.3) is 5.52 Å². The van der Waals surface area contributed by atoms with Gasteiger partial charge >= 0.3 is 11.5 Å². The van der Waals surface area contributed by atoms with Crippen LogP contribution < -0.4 is 0 Å². The minimum atomic E-state index is -0.689. The van der Waals surface area contributed by atoms with E-state index in [0.29, 0.717) is 11.3 Å². The Morgan fingerprint density at radius 1 is 1.18 bits per heavy atom. The standard InChI is InChI=1S/C9H8N4O4/c1-5-3-6(2)10-11-8(13(16)17)4-7(9(5)11)12(14)15/h3-4H,1-2H3. The van der Waals surface area contributed by atoms with Crippen LogP contribution in [-0.2, 0) is 0 Å². The first-order valence-electron chi connectivity index (χ1n) is 4.70. The molecule has 0 aliphatic rings. The summed E-state index contributed by atoms with van der Waals surface area (Å²) in [5.74, 6) is -0.404. The number of fused-ring (bicyclic) bond motifs is 1. The lowest BCUT2D eigenvalue weighted by molar-refractivity contribution is -0.394. The van der Waals surface area contributed by atoms with Gasteiger partial charge in [-0.3, -0.25) is 10.1 Å². The summed E-state index contributed by atoms with van der Waals surface area (Å²) >= 11 is 0. The van der Waals surface area contributed by atoms with Crippen molar-refractivity contribution in [2.45, 2.75) is 13.8 Å². The van der Waals surface area contributed by atoms with Gasteiger partial charge in [0, 0.05) is 5.56 Å². The quantitative estimate of drug-likeness (QED) is 0.583. The van der Waals surface area contributed by atoms with E-state index in [9.17, 15) is 20.2 Å². The van der Waals surface area contributed by atoms with Gasteiger partial charge in [0.15, 0.2) is 0 Å². The molecule has 0 radical (unpaired) electrons. The number of aromatic nitrogens is 2. The number of hydrogen-bond acceptors (Lipinski definition) is 5. The molecule has 0 aliphatic carbocycles. The fourth-order valence-corrected chi connectivity index (χ4v) is 1.78. The highest BCUT2D eigenvalue weighted by Gasteiger charge is 2.29. The zero-order valence-electron chi connectivity index (χ0n) is 9.08. The maximum atomic E-state index is 10.8. The first-order valence-corrected chi connectivity index (χ1v) is 4.70. The SMILES string of the molecule is Cc1cc(C)c2c([N+](=O)[O-])cc([N+](=O)[O-])n2n1. The van der Waals surface area contributed by atoms with E-state index in [1.54, 1.807) is 19.9 Å². The summed E-state index contributed by atoms with van der Waals surface area (Å²) in [6.07, 6.45) is 0. The number of aryl methyl sites for hydroxylation is 2. The maximum Gasteiger partial charge on any atom is 0.355 e. The Labute approximate surface area is 94.8 Å². The van der Waals surface area contributed by atoms with E-state index < -0.39 is 15.7 Å². The third-order valence-electron chi connectivity index (χ3n) is 2.38. The third-order valence-corrected chi connectivity index (χ3v) is 2.38. The van der Waals surface area contributed by atoms with E-state index in [0.717, 1.165) is 10.6 Å². The average Bonchev–Trinajstić information content (AvgIpc) is 2.56. The molecule has 0 unspecified atom stereocenters. The van der Waals surface area contributed by atoms with Gasteiger partial charge in [-0.1, -0.05) is 9.61 Å². The van der Waals surface area contributed by atoms with E-state index in [-0.39, 0.29) is 11.2 Å². The van der Waals surface area contributed by atoms with Gasteiger partial charge in [0.2, 0.25) is 5.52 Å². The van der Waals surface area contributed by atoms with Crippen molar-refractivity contribution in [1.82, 2.24) is 9.61 Å². The Bertz CT molecular complexity index is 646. The molecular formula is C9H8N4O4. The van der Waals surface area contributed by atoms with Gasteiger partial charge in [0.05, 0.1) is 10.6 Å². The predicted octanol–water partition coefficient (Wildman–Crippen LogP) is 1.77. The molecule has 0 N–H and O–H groups in total. The minimum absolute atomic E-state index is 0.160. The van der Waals surface area contributed by atoms with Crippen LogP contribution in [0.2, 0.25) is 0 Å². The Morgan fingerprint density at radius 2 is 1.82 bits per heavy atom. The fourth-order valence-electron chi connectivity index (χ4n) is 1.78. The van der Waals surface area contributed by atoms with Crippen LogP contribution in [0, 0.1) is 34.1 Å². The molecule has 0 atom stereocenters. The molecule has 0 bridgehead atoms. The van der Waals surface area contributed by atoms with Crippen molar-refractivity contribution in [3.05, 3.63) is 43.6 Å². The molecule has 88 valence electrons. The lowest BCUT2D eigenvalue weighted by Gasteiger charge is -1.96. The number of hydrogen-bond donors (Lipinski definition) is 0. The highest BCUT2D eigenvalue weighted by Crippen LogP contribution is 2.30. The summed E-state index contributed by atoms with van der Waals surface area (Å²) in [4.78, 5) is 20.3. The second kappa shape index (κ2) is 3.51. The van der Waals surface area contributed by atoms with Gasteiger partial charge in [-0.2, -0.15) is 0 Å². The maximum absolute atomic E-state index is 10.8. The molecule has 0 saturated heterocycles. The van der Waals surface area contributed by atoms with Gasteiger partial charge in [-0.05, 0) is 24.8 Å². The van der Waals surface area contributed by atoms with Gasteiger partial charge in [-0.25, -0.2) is 0 Å². The first-order chi connectivity index (χ1) is 7.91.